The van der Waals surface area contributed by atoms with Crippen molar-refractivity contribution in [3.05, 3.63) is 67.3 Å². The molecule has 138 valence electrons. The number of nitrogens with one attached hydrogen (secondary N) is 1. The van der Waals surface area contributed by atoms with Crippen LogP contribution in [-0.2, 0) is 14.8 Å². The molecule has 0 saturated carbocycles. The zero-order valence-corrected chi connectivity index (χ0v) is 15.4. The number of rotatable bonds is 9. The fourth-order valence-corrected chi connectivity index (χ4v) is 3.40. The van der Waals surface area contributed by atoms with Crippen molar-refractivity contribution in [3.63, 3.8) is 0 Å². The topological polar surface area (TPSA) is 75.7 Å². The van der Waals surface area contributed by atoms with Crippen LogP contribution < -0.4 is 10.1 Å². The summed E-state index contributed by atoms with van der Waals surface area (Å²) in [5.74, 6) is 0.969. The van der Waals surface area contributed by atoms with E-state index >= 15 is 0 Å². The summed E-state index contributed by atoms with van der Waals surface area (Å²) in [7, 11) is -2.08. The smallest absolute Gasteiger partial charge is 0.243 e. The maximum Gasteiger partial charge on any atom is 0.243 e. The van der Waals surface area contributed by atoms with Gasteiger partial charge in [0, 0.05) is 20.1 Å². The van der Waals surface area contributed by atoms with E-state index in [0.29, 0.717) is 31.0 Å². The molecule has 0 aliphatic rings. The van der Waals surface area contributed by atoms with Crippen LogP contribution in [0.1, 0.15) is 6.42 Å². The van der Waals surface area contributed by atoms with Crippen molar-refractivity contribution in [1.82, 2.24) is 9.62 Å². The highest BCUT2D eigenvalue weighted by Crippen LogP contribution is 2.23. The number of sulfonamides is 1. The summed E-state index contributed by atoms with van der Waals surface area (Å²) in [5.41, 5.74) is 0. The predicted octanol–water partition coefficient (Wildman–Crippen LogP) is 2.79. The Balaban J connectivity index is 1.95. The Morgan fingerprint density at radius 2 is 1.73 bits per heavy atom. The second kappa shape index (κ2) is 9.17. The Morgan fingerprint density at radius 3 is 2.35 bits per heavy atom. The minimum Gasteiger partial charge on any atom is -0.457 e. The van der Waals surface area contributed by atoms with E-state index in [0.717, 1.165) is 0 Å². The van der Waals surface area contributed by atoms with Crippen LogP contribution in [0, 0.1) is 0 Å². The summed E-state index contributed by atoms with van der Waals surface area (Å²) in [4.78, 5) is 11.3. The van der Waals surface area contributed by atoms with E-state index in [4.69, 9.17) is 4.74 Å². The van der Waals surface area contributed by atoms with Gasteiger partial charge in [0.15, 0.2) is 0 Å². The molecule has 0 saturated heterocycles. The second-order valence-electron chi connectivity index (χ2n) is 5.56. The van der Waals surface area contributed by atoms with Gasteiger partial charge in [0.1, 0.15) is 11.5 Å². The van der Waals surface area contributed by atoms with Gasteiger partial charge in [0.05, 0.1) is 4.90 Å². The molecule has 2 aromatic carbocycles. The molecule has 0 unspecified atom stereocenters. The lowest BCUT2D eigenvalue weighted by Crippen LogP contribution is -2.31. The Bertz CT molecular complexity index is 834. The number of carbonyl (C=O) groups excluding carboxylic acids is 1. The van der Waals surface area contributed by atoms with Crippen LogP contribution in [0.5, 0.6) is 11.5 Å². The van der Waals surface area contributed by atoms with Crippen molar-refractivity contribution in [3.8, 4) is 11.5 Å². The number of hydrogen-bond donors (Lipinski definition) is 1. The van der Waals surface area contributed by atoms with Crippen LogP contribution in [0.4, 0.5) is 0 Å². The van der Waals surface area contributed by atoms with Crippen LogP contribution in [0.25, 0.3) is 0 Å². The number of hydrogen-bond acceptors (Lipinski definition) is 4. The Hall–Kier alpha value is -2.64. The molecular weight excluding hydrogens is 352 g/mol. The van der Waals surface area contributed by atoms with E-state index in [2.05, 4.69) is 11.9 Å². The standard InChI is InChI=1S/C19H22N2O4S/c1-3-19(22)20-14-7-15-21(2)26(23,24)18-12-10-17(11-13-18)25-16-8-5-4-6-9-16/h3-6,8-13H,1,7,14-15H2,2H3,(H,20,22). The quantitative estimate of drug-likeness (QED) is 0.541. The highest BCUT2D eigenvalue weighted by atomic mass is 32.2. The number of nitrogens with zero attached hydrogens (tertiary/aromatic N) is 1. The van der Waals surface area contributed by atoms with Gasteiger partial charge in [-0.25, -0.2) is 12.7 Å². The highest BCUT2D eigenvalue weighted by Gasteiger charge is 2.20. The third-order valence-corrected chi connectivity index (χ3v) is 5.52. The van der Waals surface area contributed by atoms with E-state index < -0.39 is 10.0 Å². The van der Waals surface area contributed by atoms with Crippen molar-refractivity contribution >= 4 is 15.9 Å². The normalized spacial score (nSPS) is 11.2. The lowest BCUT2D eigenvalue weighted by Gasteiger charge is -2.17. The Morgan fingerprint density at radius 1 is 1.12 bits per heavy atom. The SMILES string of the molecule is C=CC(=O)NCCCN(C)S(=O)(=O)c1ccc(Oc2ccccc2)cc1. The van der Waals surface area contributed by atoms with Crippen LogP contribution in [0.15, 0.2) is 72.1 Å². The molecule has 26 heavy (non-hydrogen) atoms. The average molecular weight is 374 g/mol. The third kappa shape index (κ3) is 5.44. The van der Waals surface area contributed by atoms with Gasteiger partial charge in [-0.2, -0.15) is 0 Å². The molecular formula is C19H22N2O4S. The van der Waals surface area contributed by atoms with Crippen molar-refractivity contribution in [2.45, 2.75) is 11.3 Å². The molecule has 0 radical (unpaired) electrons. The predicted molar refractivity (Wildman–Crippen MR) is 101 cm³/mol. The first-order chi connectivity index (χ1) is 12.4. The van der Waals surface area contributed by atoms with Gasteiger partial charge in [0.25, 0.3) is 0 Å². The first-order valence-corrected chi connectivity index (χ1v) is 9.57. The number of carbonyl (C=O) groups is 1. The molecule has 1 amide bonds. The summed E-state index contributed by atoms with van der Waals surface area (Å²) < 4.78 is 32.1. The molecule has 2 rings (SSSR count). The average Bonchev–Trinajstić information content (AvgIpc) is 2.66. The maximum atomic E-state index is 12.6. The zero-order chi connectivity index (χ0) is 19.0. The van der Waals surface area contributed by atoms with Gasteiger partial charge in [-0.1, -0.05) is 24.8 Å². The van der Waals surface area contributed by atoms with Crippen LogP contribution in [0.3, 0.4) is 0 Å². The molecule has 6 nitrogen and oxygen atoms in total. The number of amides is 1. The first kappa shape index (κ1) is 19.7. The number of para-hydroxylation sites is 1. The largest absolute Gasteiger partial charge is 0.457 e. The van der Waals surface area contributed by atoms with Crippen molar-refractivity contribution in [2.24, 2.45) is 0 Å². The number of ether oxygens (including phenoxy) is 1. The number of benzene rings is 2. The van der Waals surface area contributed by atoms with Gasteiger partial charge in [-0.3, -0.25) is 4.79 Å². The molecule has 0 aliphatic heterocycles. The maximum absolute atomic E-state index is 12.6. The molecule has 0 spiro atoms. The van der Waals surface area contributed by atoms with Gasteiger partial charge < -0.3 is 10.1 Å². The molecule has 0 fully saturated rings. The van der Waals surface area contributed by atoms with Gasteiger partial charge in [0.2, 0.25) is 15.9 Å². The fraction of sp³-hybridized carbons (Fsp3) is 0.211. The molecule has 2 aromatic rings. The van der Waals surface area contributed by atoms with E-state index in [-0.39, 0.29) is 10.8 Å². The molecule has 1 N–H and O–H groups in total. The lowest BCUT2D eigenvalue weighted by molar-refractivity contribution is -0.116. The van der Waals surface area contributed by atoms with E-state index in [1.165, 1.54) is 29.6 Å². The van der Waals surface area contributed by atoms with Crippen LogP contribution in [-0.4, -0.2) is 38.8 Å². The zero-order valence-electron chi connectivity index (χ0n) is 14.6. The Kier molecular flexibility index (Phi) is 6.94. The van der Waals surface area contributed by atoms with Crippen LogP contribution >= 0.6 is 0 Å². The molecule has 0 aliphatic carbocycles. The summed E-state index contributed by atoms with van der Waals surface area (Å²) in [6, 6.07) is 15.5. The molecule has 0 bridgehead atoms. The van der Waals surface area contributed by atoms with Crippen molar-refractivity contribution in [2.75, 3.05) is 20.1 Å². The molecule has 0 aromatic heterocycles. The summed E-state index contributed by atoms with van der Waals surface area (Å²) in [5, 5.41) is 2.61. The minimum atomic E-state index is -3.59. The summed E-state index contributed by atoms with van der Waals surface area (Å²) in [6.45, 7) is 4.04. The summed E-state index contributed by atoms with van der Waals surface area (Å²) >= 11 is 0. The Labute approximate surface area is 154 Å². The molecule has 7 heteroatoms. The fourth-order valence-electron chi connectivity index (χ4n) is 2.19. The van der Waals surface area contributed by atoms with Gasteiger partial charge in [-0.15, -0.1) is 0 Å². The van der Waals surface area contributed by atoms with E-state index in [1.54, 1.807) is 12.1 Å². The summed E-state index contributed by atoms with van der Waals surface area (Å²) in [6.07, 6.45) is 1.68. The molecule has 0 atom stereocenters. The first-order valence-electron chi connectivity index (χ1n) is 8.13. The van der Waals surface area contributed by atoms with Gasteiger partial charge >= 0.3 is 0 Å². The van der Waals surface area contributed by atoms with Crippen molar-refractivity contribution < 1.29 is 17.9 Å². The van der Waals surface area contributed by atoms with Gasteiger partial charge in [-0.05, 0) is 48.9 Å². The van der Waals surface area contributed by atoms with E-state index in [9.17, 15) is 13.2 Å². The second-order valence-corrected chi connectivity index (χ2v) is 7.61. The van der Waals surface area contributed by atoms with Crippen LogP contribution in [0.2, 0.25) is 0 Å². The monoisotopic (exact) mass is 374 g/mol. The van der Waals surface area contributed by atoms with Crippen molar-refractivity contribution in [1.29, 1.82) is 0 Å². The van der Waals surface area contributed by atoms with E-state index in [1.807, 2.05) is 30.3 Å². The highest BCUT2D eigenvalue weighted by molar-refractivity contribution is 7.89. The minimum absolute atomic E-state index is 0.190. The lowest BCUT2D eigenvalue weighted by atomic mass is 10.3. The third-order valence-electron chi connectivity index (χ3n) is 3.65. The molecule has 0 heterocycles.